The minimum atomic E-state index is -3.70. The molecule has 26 heavy (non-hydrogen) atoms. The molecule has 8 heteroatoms. The first-order valence-corrected chi connectivity index (χ1v) is 10.4. The van der Waals surface area contributed by atoms with Crippen LogP contribution >= 0.6 is 15.9 Å². The Morgan fingerprint density at radius 3 is 2.31 bits per heavy atom. The molecule has 0 fully saturated rings. The molecular weight excluding hydrogens is 420 g/mol. The highest BCUT2D eigenvalue weighted by Gasteiger charge is 2.25. The highest BCUT2D eigenvalue weighted by atomic mass is 79.9. The third-order valence-corrected chi connectivity index (χ3v) is 6.37. The first-order valence-electron chi connectivity index (χ1n) is 8.08. The maximum Gasteiger partial charge on any atom is 0.256 e. The number of nitrogens with one attached hydrogen (secondary N) is 2. The molecule has 0 bridgehead atoms. The summed E-state index contributed by atoms with van der Waals surface area (Å²) in [5, 5.41) is 2.76. The van der Waals surface area contributed by atoms with E-state index in [1.807, 2.05) is 0 Å². The van der Waals surface area contributed by atoms with E-state index in [4.69, 9.17) is 4.42 Å². The van der Waals surface area contributed by atoms with Gasteiger partial charge in [0.25, 0.3) is 5.91 Å². The van der Waals surface area contributed by atoms with Crippen LogP contribution in [-0.4, -0.2) is 19.9 Å². The van der Waals surface area contributed by atoms with Crippen molar-refractivity contribution in [2.75, 3.05) is 0 Å². The minimum absolute atomic E-state index is 0.0795. The van der Waals surface area contributed by atoms with Gasteiger partial charge in [0.05, 0.1) is 14.9 Å². The zero-order valence-electron chi connectivity index (χ0n) is 15.4. The Bertz CT molecular complexity index is 927. The molecule has 1 aromatic heterocycles. The SMILES string of the molecule is Cc1oc(C)c(C(=O)NCc2ccccc2S(=O)(=O)NC(C)(C)C)c1Br. The molecule has 2 aromatic rings. The van der Waals surface area contributed by atoms with Crippen molar-refractivity contribution in [2.45, 2.75) is 51.6 Å². The number of carbonyl (C=O) groups is 1. The predicted octanol–water partition coefficient (Wildman–Crippen LogP) is 3.67. The molecule has 6 nitrogen and oxygen atoms in total. The number of halogens is 1. The second-order valence-electron chi connectivity index (χ2n) is 7.05. The minimum Gasteiger partial charge on any atom is -0.465 e. The normalized spacial score (nSPS) is 12.2. The van der Waals surface area contributed by atoms with E-state index >= 15 is 0 Å². The van der Waals surface area contributed by atoms with Gasteiger partial charge in [0.2, 0.25) is 10.0 Å². The number of rotatable bonds is 5. The van der Waals surface area contributed by atoms with Crippen molar-refractivity contribution in [3.63, 3.8) is 0 Å². The van der Waals surface area contributed by atoms with Crippen LogP contribution in [0.1, 0.15) is 48.2 Å². The molecule has 0 saturated carbocycles. The van der Waals surface area contributed by atoms with E-state index in [0.717, 1.165) is 0 Å². The quantitative estimate of drug-likeness (QED) is 0.738. The van der Waals surface area contributed by atoms with Crippen LogP contribution in [0, 0.1) is 13.8 Å². The standard InChI is InChI=1S/C18H23BrN2O4S/c1-11-15(16(19)12(2)25-11)17(22)20-10-13-8-6-7-9-14(13)26(23,24)21-18(3,4)5/h6-9,21H,10H2,1-5H3,(H,20,22). The summed E-state index contributed by atoms with van der Waals surface area (Å²) < 4.78 is 34.0. The summed E-state index contributed by atoms with van der Waals surface area (Å²) in [7, 11) is -3.70. The van der Waals surface area contributed by atoms with Gasteiger partial charge in [-0.3, -0.25) is 4.79 Å². The molecule has 0 aliphatic rings. The molecule has 0 saturated heterocycles. The summed E-state index contributed by atoms with van der Waals surface area (Å²) in [6.45, 7) is 8.87. The monoisotopic (exact) mass is 442 g/mol. The number of hydrogen-bond donors (Lipinski definition) is 2. The van der Waals surface area contributed by atoms with E-state index in [1.54, 1.807) is 52.8 Å². The number of benzene rings is 1. The van der Waals surface area contributed by atoms with Gasteiger partial charge in [0, 0.05) is 12.1 Å². The highest BCUT2D eigenvalue weighted by Crippen LogP contribution is 2.27. The average Bonchev–Trinajstić information content (AvgIpc) is 2.75. The van der Waals surface area contributed by atoms with Crippen molar-refractivity contribution in [1.29, 1.82) is 0 Å². The Hall–Kier alpha value is -1.64. The van der Waals surface area contributed by atoms with E-state index < -0.39 is 15.6 Å². The third kappa shape index (κ3) is 4.75. The van der Waals surface area contributed by atoms with Crippen LogP contribution in [-0.2, 0) is 16.6 Å². The Kier molecular flexibility index (Phi) is 5.99. The Morgan fingerprint density at radius 2 is 1.77 bits per heavy atom. The van der Waals surface area contributed by atoms with Crippen LogP contribution in [0.5, 0.6) is 0 Å². The summed E-state index contributed by atoms with van der Waals surface area (Å²) in [6, 6.07) is 6.60. The van der Waals surface area contributed by atoms with Crippen molar-refractivity contribution in [3.05, 3.63) is 51.4 Å². The fraction of sp³-hybridized carbons (Fsp3) is 0.389. The van der Waals surface area contributed by atoms with E-state index in [0.29, 0.717) is 27.1 Å². The zero-order chi connectivity index (χ0) is 19.7. The molecule has 1 heterocycles. The van der Waals surface area contributed by atoms with Gasteiger partial charge in [-0.25, -0.2) is 13.1 Å². The Morgan fingerprint density at radius 1 is 1.15 bits per heavy atom. The molecule has 2 N–H and O–H groups in total. The first-order chi connectivity index (χ1) is 11.9. The van der Waals surface area contributed by atoms with E-state index in [2.05, 4.69) is 26.0 Å². The molecule has 1 aromatic carbocycles. The number of amides is 1. The van der Waals surface area contributed by atoms with Crippen LogP contribution in [0.3, 0.4) is 0 Å². The lowest BCUT2D eigenvalue weighted by Crippen LogP contribution is -2.41. The van der Waals surface area contributed by atoms with Gasteiger partial charge in [0.1, 0.15) is 11.5 Å². The maximum absolute atomic E-state index is 12.6. The summed E-state index contributed by atoms with van der Waals surface area (Å²) in [6.07, 6.45) is 0. The molecule has 1 amide bonds. The first kappa shape index (κ1) is 20.7. The summed E-state index contributed by atoms with van der Waals surface area (Å²) in [4.78, 5) is 12.6. The summed E-state index contributed by atoms with van der Waals surface area (Å²) in [5.41, 5.74) is 0.313. The fourth-order valence-electron chi connectivity index (χ4n) is 2.55. The van der Waals surface area contributed by atoms with Gasteiger partial charge in [-0.15, -0.1) is 0 Å². The molecule has 0 atom stereocenters. The van der Waals surface area contributed by atoms with Crippen LogP contribution in [0.2, 0.25) is 0 Å². The van der Waals surface area contributed by atoms with Gasteiger partial charge < -0.3 is 9.73 Å². The third-order valence-electron chi connectivity index (χ3n) is 3.56. The van der Waals surface area contributed by atoms with Gasteiger partial charge >= 0.3 is 0 Å². The second-order valence-corrected chi connectivity index (χ2v) is 9.49. The van der Waals surface area contributed by atoms with Crippen LogP contribution in [0.25, 0.3) is 0 Å². The van der Waals surface area contributed by atoms with Crippen LogP contribution < -0.4 is 10.0 Å². The van der Waals surface area contributed by atoms with Gasteiger partial charge in [-0.05, 0) is 62.2 Å². The highest BCUT2D eigenvalue weighted by molar-refractivity contribution is 9.10. The molecule has 142 valence electrons. The lowest BCUT2D eigenvalue weighted by atomic mass is 10.1. The van der Waals surface area contributed by atoms with Crippen molar-refractivity contribution >= 4 is 31.9 Å². The number of sulfonamides is 1. The smallest absolute Gasteiger partial charge is 0.256 e. The van der Waals surface area contributed by atoms with Crippen molar-refractivity contribution in [1.82, 2.24) is 10.0 Å². The molecule has 0 radical (unpaired) electrons. The van der Waals surface area contributed by atoms with Gasteiger partial charge in [-0.1, -0.05) is 18.2 Å². The molecule has 0 unspecified atom stereocenters. The molecule has 0 aliphatic carbocycles. The summed E-state index contributed by atoms with van der Waals surface area (Å²) in [5.74, 6) is 0.786. The number of carbonyl (C=O) groups excluding carboxylic acids is 1. The van der Waals surface area contributed by atoms with E-state index in [1.165, 1.54) is 6.07 Å². The predicted molar refractivity (Wildman–Crippen MR) is 104 cm³/mol. The second kappa shape index (κ2) is 7.54. The van der Waals surface area contributed by atoms with Crippen LogP contribution in [0.4, 0.5) is 0 Å². The zero-order valence-corrected chi connectivity index (χ0v) is 17.8. The van der Waals surface area contributed by atoms with Gasteiger partial charge in [0.15, 0.2) is 0 Å². The van der Waals surface area contributed by atoms with E-state index in [9.17, 15) is 13.2 Å². The maximum atomic E-state index is 12.6. The topological polar surface area (TPSA) is 88.4 Å². The largest absolute Gasteiger partial charge is 0.465 e. The van der Waals surface area contributed by atoms with Crippen molar-refractivity contribution in [2.24, 2.45) is 0 Å². The molecule has 2 rings (SSSR count). The lowest BCUT2D eigenvalue weighted by molar-refractivity contribution is 0.0948. The number of furan rings is 1. The summed E-state index contributed by atoms with van der Waals surface area (Å²) >= 11 is 3.35. The lowest BCUT2D eigenvalue weighted by Gasteiger charge is -2.21. The van der Waals surface area contributed by atoms with E-state index in [-0.39, 0.29) is 17.3 Å². The Balaban J connectivity index is 2.25. The molecular formula is C18H23BrN2O4S. The number of hydrogen-bond acceptors (Lipinski definition) is 4. The molecule has 0 spiro atoms. The average molecular weight is 443 g/mol. The van der Waals surface area contributed by atoms with Crippen LogP contribution in [0.15, 0.2) is 38.1 Å². The fourth-order valence-corrected chi connectivity index (χ4v) is 4.75. The molecule has 0 aliphatic heterocycles. The Labute approximate surface area is 162 Å². The van der Waals surface area contributed by atoms with Crippen molar-refractivity contribution in [3.8, 4) is 0 Å². The van der Waals surface area contributed by atoms with Crippen molar-refractivity contribution < 1.29 is 17.6 Å². The van der Waals surface area contributed by atoms with Gasteiger partial charge in [-0.2, -0.15) is 0 Å². The number of aryl methyl sites for hydroxylation is 2.